The van der Waals surface area contributed by atoms with Gasteiger partial charge in [0, 0.05) is 17.6 Å². The van der Waals surface area contributed by atoms with Crippen LogP contribution in [0.3, 0.4) is 0 Å². The fourth-order valence-corrected chi connectivity index (χ4v) is 3.41. The summed E-state index contributed by atoms with van der Waals surface area (Å²) in [5.74, 6) is 0.382. The number of ether oxygens (including phenoxy) is 1. The molecule has 0 spiro atoms. The molecule has 2 aromatic heterocycles. The Hall–Kier alpha value is -2.06. The molecular formula is C17H17BrFN5O. The first-order valence-electron chi connectivity index (χ1n) is 8.21. The number of fused-ring (bicyclic) bond motifs is 1. The standard InChI is InChI=1S/C17H17BrFN5O/c18-12-6-2-1-5-11(12)9-20-15-14-16(23-17(19)22-15)24(10-21-14)13-7-3-4-8-25-13/h1-2,5-6,10,13H,3-4,7-9H2,(H,20,22,23). The number of benzene rings is 1. The Kier molecular flexibility index (Phi) is 4.63. The molecule has 0 radical (unpaired) electrons. The Morgan fingerprint density at radius 2 is 2.16 bits per heavy atom. The number of nitrogens with one attached hydrogen (secondary N) is 1. The second-order valence-electron chi connectivity index (χ2n) is 5.93. The van der Waals surface area contributed by atoms with Crippen LogP contribution in [0, 0.1) is 6.08 Å². The molecule has 1 unspecified atom stereocenters. The van der Waals surface area contributed by atoms with E-state index in [0.717, 1.165) is 29.3 Å². The molecule has 25 heavy (non-hydrogen) atoms. The van der Waals surface area contributed by atoms with E-state index in [1.54, 1.807) is 10.9 Å². The first kappa shape index (κ1) is 16.4. The molecule has 0 saturated carbocycles. The van der Waals surface area contributed by atoms with Crippen LogP contribution in [0.25, 0.3) is 11.2 Å². The largest absolute Gasteiger partial charge is 0.364 e. The van der Waals surface area contributed by atoms with Crippen LogP contribution in [0.4, 0.5) is 10.2 Å². The molecule has 1 N–H and O–H groups in total. The van der Waals surface area contributed by atoms with Gasteiger partial charge in [-0.1, -0.05) is 34.1 Å². The smallest absolute Gasteiger partial charge is 0.312 e. The van der Waals surface area contributed by atoms with Crippen molar-refractivity contribution in [2.45, 2.75) is 32.0 Å². The number of aromatic nitrogens is 4. The number of anilines is 1. The highest BCUT2D eigenvalue weighted by molar-refractivity contribution is 9.10. The van der Waals surface area contributed by atoms with Crippen LogP contribution in [-0.2, 0) is 11.3 Å². The lowest BCUT2D eigenvalue weighted by molar-refractivity contribution is -0.0298. The lowest BCUT2D eigenvalue weighted by atomic mass is 10.2. The van der Waals surface area contributed by atoms with Crippen molar-refractivity contribution in [2.75, 3.05) is 11.9 Å². The average Bonchev–Trinajstić information content (AvgIpc) is 3.05. The van der Waals surface area contributed by atoms with E-state index in [1.165, 1.54) is 0 Å². The third-order valence-corrected chi connectivity index (χ3v) is 5.04. The monoisotopic (exact) mass is 405 g/mol. The quantitative estimate of drug-likeness (QED) is 0.663. The number of imidazole rings is 1. The van der Waals surface area contributed by atoms with Gasteiger partial charge in [0.2, 0.25) is 0 Å². The van der Waals surface area contributed by atoms with Gasteiger partial charge in [-0.15, -0.1) is 0 Å². The van der Waals surface area contributed by atoms with Crippen molar-refractivity contribution in [3.8, 4) is 0 Å². The van der Waals surface area contributed by atoms with Crippen LogP contribution in [0.15, 0.2) is 35.1 Å². The van der Waals surface area contributed by atoms with Gasteiger partial charge in [0.05, 0.1) is 6.33 Å². The topological polar surface area (TPSA) is 64.9 Å². The molecule has 1 aromatic carbocycles. The summed E-state index contributed by atoms with van der Waals surface area (Å²) < 4.78 is 22.5. The minimum absolute atomic E-state index is 0.149. The molecule has 3 heterocycles. The zero-order valence-corrected chi connectivity index (χ0v) is 15.0. The van der Waals surface area contributed by atoms with Crippen LogP contribution in [0.1, 0.15) is 31.1 Å². The van der Waals surface area contributed by atoms with Crippen LogP contribution in [0.2, 0.25) is 0 Å². The lowest BCUT2D eigenvalue weighted by Gasteiger charge is -2.23. The molecular weight excluding hydrogens is 389 g/mol. The molecule has 0 bridgehead atoms. The third-order valence-electron chi connectivity index (χ3n) is 4.26. The molecule has 1 fully saturated rings. The highest BCUT2D eigenvalue weighted by Gasteiger charge is 2.21. The molecule has 6 nitrogen and oxygen atoms in total. The van der Waals surface area contributed by atoms with Gasteiger partial charge in [0.25, 0.3) is 0 Å². The average molecular weight is 406 g/mol. The zero-order valence-electron chi connectivity index (χ0n) is 13.5. The second kappa shape index (κ2) is 7.05. The van der Waals surface area contributed by atoms with Crippen molar-refractivity contribution in [2.24, 2.45) is 0 Å². The molecule has 8 heteroatoms. The van der Waals surface area contributed by atoms with Gasteiger partial charge < -0.3 is 10.1 Å². The molecule has 0 amide bonds. The fourth-order valence-electron chi connectivity index (χ4n) is 2.99. The molecule has 0 aliphatic carbocycles. The van der Waals surface area contributed by atoms with E-state index in [1.807, 2.05) is 24.3 Å². The molecule has 1 aliphatic heterocycles. The minimum Gasteiger partial charge on any atom is -0.364 e. The molecule has 130 valence electrons. The normalized spacial score (nSPS) is 17.8. The molecule has 4 rings (SSSR count). The predicted molar refractivity (Wildman–Crippen MR) is 95.6 cm³/mol. The van der Waals surface area contributed by atoms with Crippen molar-refractivity contribution in [3.63, 3.8) is 0 Å². The number of halogens is 2. The van der Waals surface area contributed by atoms with E-state index in [2.05, 4.69) is 36.2 Å². The second-order valence-corrected chi connectivity index (χ2v) is 6.79. The van der Waals surface area contributed by atoms with Crippen molar-refractivity contribution in [1.82, 2.24) is 19.5 Å². The Balaban J connectivity index is 1.65. The highest BCUT2D eigenvalue weighted by Crippen LogP contribution is 2.28. The molecule has 1 saturated heterocycles. The Morgan fingerprint density at radius 1 is 1.28 bits per heavy atom. The Morgan fingerprint density at radius 3 is 2.96 bits per heavy atom. The van der Waals surface area contributed by atoms with E-state index in [0.29, 0.717) is 30.1 Å². The van der Waals surface area contributed by atoms with E-state index in [9.17, 15) is 4.39 Å². The van der Waals surface area contributed by atoms with Gasteiger partial charge in [0.15, 0.2) is 17.0 Å². The first-order valence-corrected chi connectivity index (χ1v) is 9.00. The molecule has 1 atom stereocenters. The summed E-state index contributed by atoms with van der Waals surface area (Å²) in [5.41, 5.74) is 2.04. The number of rotatable bonds is 4. The van der Waals surface area contributed by atoms with Crippen LogP contribution >= 0.6 is 15.9 Å². The van der Waals surface area contributed by atoms with E-state index in [-0.39, 0.29) is 6.23 Å². The zero-order chi connectivity index (χ0) is 17.2. The summed E-state index contributed by atoms with van der Waals surface area (Å²) in [4.78, 5) is 12.2. The molecule has 1 aliphatic rings. The summed E-state index contributed by atoms with van der Waals surface area (Å²) in [6, 6.07) is 7.84. The van der Waals surface area contributed by atoms with Gasteiger partial charge >= 0.3 is 6.08 Å². The summed E-state index contributed by atoms with van der Waals surface area (Å²) in [6.45, 7) is 1.20. The van der Waals surface area contributed by atoms with Crippen molar-refractivity contribution >= 4 is 32.9 Å². The SMILES string of the molecule is Fc1nc(NCc2ccccc2Br)c2ncn(C3CCCCO3)c2n1. The maximum atomic E-state index is 14.0. The van der Waals surface area contributed by atoms with Crippen molar-refractivity contribution < 1.29 is 9.13 Å². The summed E-state index contributed by atoms with van der Waals surface area (Å²) in [7, 11) is 0. The Bertz CT molecular complexity index is 894. The van der Waals surface area contributed by atoms with Crippen LogP contribution in [0.5, 0.6) is 0 Å². The Labute approximate surface area is 152 Å². The maximum Gasteiger partial charge on any atom is 0.312 e. The van der Waals surface area contributed by atoms with Crippen molar-refractivity contribution in [1.29, 1.82) is 0 Å². The van der Waals surface area contributed by atoms with Gasteiger partial charge in [-0.05, 0) is 30.9 Å². The lowest BCUT2D eigenvalue weighted by Crippen LogP contribution is -2.18. The van der Waals surface area contributed by atoms with Crippen LogP contribution < -0.4 is 5.32 Å². The first-order chi connectivity index (χ1) is 12.2. The number of nitrogens with zero attached hydrogens (tertiary/aromatic N) is 4. The van der Waals surface area contributed by atoms with Gasteiger partial charge in [-0.3, -0.25) is 4.57 Å². The summed E-state index contributed by atoms with van der Waals surface area (Å²) in [6.07, 6.45) is 3.72. The highest BCUT2D eigenvalue weighted by atomic mass is 79.9. The molecule has 3 aromatic rings. The fraction of sp³-hybridized carbons (Fsp3) is 0.353. The number of hydrogen-bond donors (Lipinski definition) is 1. The summed E-state index contributed by atoms with van der Waals surface area (Å²) >= 11 is 3.51. The van der Waals surface area contributed by atoms with E-state index >= 15 is 0 Å². The summed E-state index contributed by atoms with van der Waals surface area (Å²) in [5, 5.41) is 3.16. The third kappa shape index (κ3) is 3.36. The van der Waals surface area contributed by atoms with Crippen LogP contribution in [-0.4, -0.2) is 26.1 Å². The van der Waals surface area contributed by atoms with Gasteiger partial charge in [-0.25, -0.2) is 4.98 Å². The minimum atomic E-state index is -0.778. The van der Waals surface area contributed by atoms with Crippen molar-refractivity contribution in [3.05, 3.63) is 46.7 Å². The van der Waals surface area contributed by atoms with Gasteiger partial charge in [-0.2, -0.15) is 14.4 Å². The van der Waals surface area contributed by atoms with E-state index in [4.69, 9.17) is 4.74 Å². The number of hydrogen-bond acceptors (Lipinski definition) is 5. The predicted octanol–water partition coefficient (Wildman–Crippen LogP) is 4.04. The van der Waals surface area contributed by atoms with Gasteiger partial charge in [0.1, 0.15) is 6.23 Å². The van der Waals surface area contributed by atoms with E-state index < -0.39 is 6.08 Å². The maximum absolute atomic E-state index is 14.0.